The van der Waals surface area contributed by atoms with Crippen LogP contribution in [0.4, 0.5) is 0 Å². The lowest BCUT2D eigenvalue weighted by molar-refractivity contribution is -0.110. The summed E-state index contributed by atoms with van der Waals surface area (Å²) in [4.78, 5) is 11.4. The molecule has 0 amide bonds. The molecule has 0 spiro atoms. The van der Waals surface area contributed by atoms with Crippen molar-refractivity contribution in [3.05, 3.63) is 71.8 Å². The molecule has 0 aliphatic heterocycles. The largest absolute Gasteiger partial charge is 0.302 e. The summed E-state index contributed by atoms with van der Waals surface area (Å²) in [5, 5.41) is 0. The smallest absolute Gasteiger partial charge is 0.134 e. The van der Waals surface area contributed by atoms with E-state index < -0.39 is 5.41 Å². The van der Waals surface area contributed by atoms with E-state index in [0.29, 0.717) is 0 Å². The molecule has 16 heavy (non-hydrogen) atoms. The SMILES string of the molecule is CC(C=O)(c1ccccc1)c1ccccc1. The maximum absolute atomic E-state index is 11.4. The average molecular weight is 210 g/mol. The fraction of sp³-hybridized carbons (Fsp3) is 0.133. The summed E-state index contributed by atoms with van der Waals surface area (Å²) in [6.07, 6.45) is 1.01. The molecular weight excluding hydrogens is 196 g/mol. The molecule has 0 aliphatic carbocycles. The molecule has 2 aromatic carbocycles. The average Bonchev–Trinajstić information content (AvgIpc) is 2.40. The zero-order valence-corrected chi connectivity index (χ0v) is 9.26. The second-order valence-corrected chi connectivity index (χ2v) is 4.05. The van der Waals surface area contributed by atoms with Gasteiger partial charge in [0.05, 0.1) is 5.41 Å². The summed E-state index contributed by atoms with van der Waals surface area (Å²) in [7, 11) is 0. The van der Waals surface area contributed by atoms with Crippen LogP contribution in [0.15, 0.2) is 60.7 Å². The van der Waals surface area contributed by atoms with E-state index in [9.17, 15) is 4.79 Å². The summed E-state index contributed by atoms with van der Waals surface area (Å²) in [5.74, 6) is 0. The van der Waals surface area contributed by atoms with E-state index in [2.05, 4.69) is 0 Å². The third-order valence-electron chi connectivity index (χ3n) is 2.98. The van der Waals surface area contributed by atoms with E-state index in [-0.39, 0.29) is 0 Å². The van der Waals surface area contributed by atoms with Crippen LogP contribution in [0.25, 0.3) is 0 Å². The van der Waals surface area contributed by atoms with E-state index in [4.69, 9.17) is 0 Å². The Morgan fingerprint density at radius 1 is 0.812 bits per heavy atom. The van der Waals surface area contributed by atoms with Crippen molar-refractivity contribution in [1.82, 2.24) is 0 Å². The minimum Gasteiger partial charge on any atom is -0.302 e. The predicted octanol–water partition coefficient (Wildman–Crippen LogP) is 3.19. The van der Waals surface area contributed by atoms with Crippen molar-refractivity contribution in [2.45, 2.75) is 12.3 Å². The lowest BCUT2D eigenvalue weighted by Crippen LogP contribution is -2.25. The van der Waals surface area contributed by atoms with Gasteiger partial charge in [-0.15, -0.1) is 0 Å². The van der Waals surface area contributed by atoms with Crippen molar-refractivity contribution in [3.8, 4) is 0 Å². The van der Waals surface area contributed by atoms with Crippen molar-refractivity contribution in [3.63, 3.8) is 0 Å². The second kappa shape index (κ2) is 4.31. The van der Waals surface area contributed by atoms with Gasteiger partial charge < -0.3 is 4.79 Å². The molecule has 1 nitrogen and oxygen atoms in total. The summed E-state index contributed by atoms with van der Waals surface area (Å²) < 4.78 is 0. The fourth-order valence-corrected chi connectivity index (χ4v) is 1.87. The third-order valence-corrected chi connectivity index (χ3v) is 2.98. The van der Waals surface area contributed by atoms with E-state index >= 15 is 0 Å². The molecule has 80 valence electrons. The maximum atomic E-state index is 11.4. The van der Waals surface area contributed by atoms with E-state index in [1.165, 1.54) is 0 Å². The van der Waals surface area contributed by atoms with Crippen LogP contribution in [0.1, 0.15) is 18.1 Å². The Balaban J connectivity index is 2.53. The molecule has 0 saturated carbocycles. The van der Waals surface area contributed by atoms with E-state index in [1.807, 2.05) is 67.6 Å². The molecular formula is C15H14O. The number of carbonyl (C=O) groups is 1. The van der Waals surface area contributed by atoms with Gasteiger partial charge in [-0.3, -0.25) is 0 Å². The van der Waals surface area contributed by atoms with Gasteiger partial charge >= 0.3 is 0 Å². The summed E-state index contributed by atoms with van der Waals surface area (Å²) in [5.41, 5.74) is 1.50. The highest BCUT2D eigenvalue weighted by molar-refractivity contribution is 5.74. The first-order valence-corrected chi connectivity index (χ1v) is 5.35. The lowest BCUT2D eigenvalue weighted by Gasteiger charge is -2.24. The van der Waals surface area contributed by atoms with Gasteiger partial charge in [0.2, 0.25) is 0 Å². The number of rotatable bonds is 3. The Kier molecular flexibility index (Phi) is 2.86. The van der Waals surface area contributed by atoms with Crippen molar-refractivity contribution in [2.75, 3.05) is 0 Å². The van der Waals surface area contributed by atoms with Crippen molar-refractivity contribution >= 4 is 6.29 Å². The Labute approximate surface area is 95.7 Å². The van der Waals surface area contributed by atoms with Crippen LogP contribution in [-0.4, -0.2) is 6.29 Å². The Bertz CT molecular complexity index is 420. The maximum Gasteiger partial charge on any atom is 0.134 e. The Morgan fingerprint density at radius 3 is 1.50 bits per heavy atom. The molecule has 0 unspecified atom stereocenters. The molecule has 0 aliphatic rings. The molecule has 0 N–H and O–H groups in total. The predicted molar refractivity (Wildman–Crippen MR) is 65.4 cm³/mol. The van der Waals surface area contributed by atoms with Crippen molar-refractivity contribution in [2.24, 2.45) is 0 Å². The van der Waals surface area contributed by atoms with Gasteiger partial charge in [-0.2, -0.15) is 0 Å². The molecule has 0 heterocycles. The molecule has 1 heteroatoms. The molecule has 0 fully saturated rings. The van der Waals surface area contributed by atoms with Gasteiger partial charge in [0.15, 0.2) is 0 Å². The minimum atomic E-state index is -0.553. The van der Waals surface area contributed by atoms with Crippen molar-refractivity contribution in [1.29, 1.82) is 0 Å². The third kappa shape index (κ3) is 1.76. The first-order chi connectivity index (χ1) is 7.77. The first-order valence-electron chi connectivity index (χ1n) is 5.35. The van der Waals surface area contributed by atoms with Gasteiger partial charge in [-0.1, -0.05) is 60.7 Å². The molecule has 0 aromatic heterocycles. The normalized spacial score (nSPS) is 11.1. The highest BCUT2D eigenvalue weighted by atomic mass is 16.1. The first kappa shape index (κ1) is 10.6. The van der Waals surface area contributed by atoms with Crippen LogP contribution >= 0.6 is 0 Å². The molecule has 0 atom stereocenters. The lowest BCUT2D eigenvalue weighted by atomic mass is 9.78. The van der Waals surface area contributed by atoms with Crippen LogP contribution in [0, 0.1) is 0 Å². The van der Waals surface area contributed by atoms with Gasteiger partial charge in [0.25, 0.3) is 0 Å². The summed E-state index contributed by atoms with van der Waals surface area (Å²) in [6.45, 7) is 1.95. The zero-order valence-electron chi connectivity index (χ0n) is 9.26. The van der Waals surface area contributed by atoms with Crippen molar-refractivity contribution < 1.29 is 4.79 Å². The van der Waals surface area contributed by atoms with E-state index in [0.717, 1.165) is 17.4 Å². The highest BCUT2D eigenvalue weighted by Gasteiger charge is 2.27. The number of hydrogen-bond donors (Lipinski definition) is 0. The molecule has 2 rings (SSSR count). The number of carbonyl (C=O) groups excluding carboxylic acids is 1. The number of benzene rings is 2. The van der Waals surface area contributed by atoms with Crippen LogP contribution in [0.3, 0.4) is 0 Å². The topological polar surface area (TPSA) is 17.1 Å². The zero-order chi connectivity index (χ0) is 11.4. The molecule has 2 aromatic rings. The Morgan fingerprint density at radius 2 is 1.19 bits per heavy atom. The van der Waals surface area contributed by atoms with Crippen LogP contribution < -0.4 is 0 Å². The summed E-state index contributed by atoms with van der Waals surface area (Å²) >= 11 is 0. The standard InChI is InChI=1S/C15H14O/c1-15(12-16,13-8-4-2-5-9-13)14-10-6-3-7-11-14/h2-12H,1H3. The molecule has 0 bridgehead atoms. The highest BCUT2D eigenvalue weighted by Crippen LogP contribution is 2.29. The molecule has 0 saturated heterocycles. The van der Waals surface area contributed by atoms with Gasteiger partial charge in [0, 0.05) is 0 Å². The van der Waals surface area contributed by atoms with Crippen LogP contribution in [0.5, 0.6) is 0 Å². The number of aldehydes is 1. The monoisotopic (exact) mass is 210 g/mol. The minimum absolute atomic E-state index is 0.553. The Hall–Kier alpha value is -1.89. The van der Waals surface area contributed by atoms with Gasteiger partial charge in [-0.25, -0.2) is 0 Å². The van der Waals surface area contributed by atoms with Crippen LogP contribution in [0.2, 0.25) is 0 Å². The summed E-state index contributed by atoms with van der Waals surface area (Å²) in [6, 6.07) is 19.7. The molecule has 0 radical (unpaired) electrons. The quantitative estimate of drug-likeness (QED) is 0.711. The van der Waals surface area contributed by atoms with E-state index in [1.54, 1.807) is 0 Å². The second-order valence-electron chi connectivity index (χ2n) is 4.05. The number of hydrogen-bond acceptors (Lipinski definition) is 1. The van der Waals surface area contributed by atoms with Gasteiger partial charge in [0.1, 0.15) is 6.29 Å². The van der Waals surface area contributed by atoms with Gasteiger partial charge in [-0.05, 0) is 18.1 Å². The van der Waals surface area contributed by atoms with Crippen LogP contribution in [-0.2, 0) is 10.2 Å². The fourth-order valence-electron chi connectivity index (χ4n) is 1.87.